The lowest BCUT2D eigenvalue weighted by molar-refractivity contribution is -0.220. The van der Waals surface area contributed by atoms with Gasteiger partial charge in [-0.3, -0.25) is 18.6 Å². The third-order valence-corrected chi connectivity index (χ3v) is 9.54. The lowest BCUT2D eigenvalue weighted by atomic mass is 9.85. The number of aliphatic hydroxyl groups excluding tert-OH is 5. The molecular weight excluding hydrogens is 779 g/mol. The minimum Gasteiger partial charge on any atom is -0.462 e. The van der Waals surface area contributed by atoms with Gasteiger partial charge in [0, 0.05) is 12.8 Å². The van der Waals surface area contributed by atoms with Gasteiger partial charge >= 0.3 is 19.8 Å². The van der Waals surface area contributed by atoms with Gasteiger partial charge < -0.3 is 39.9 Å². The molecule has 0 heterocycles. The lowest BCUT2D eigenvalue weighted by Crippen LogP contribution is -2.64. The molecule has 6 N–H and O–H groups in total. The molecule has 14 heteroatoms. The van der Waals surface area contributed by atoms with E-state index in [-0.39, 0.29) is 12.8 Å². The molecule has 0 spiro atoms. The van der Waals surface area contributed by atoms with Gasteiger partial charge in [-0.1, -0.05) is 148 Å². The second kappa shape index (κ2) is 34.0. The van der Waals surface area contributed by atoms with Crippen LogP contribution < -0.4 is 0 Å². The first-order valence-corrected chi connectivity index (χ1v) is 22.0. The maximum atomic E-state index is 12.8. The number of phosphoric ester groups is 1. The minimum absolute atomic E-state index is 0.0313. The van der Waals surface area contributed by atoms with Crippen molar-refractivity contribution >= 4 is 19.8 Å². The molecule has 0 radical (unpaired) electrons. The highest BCUT2D eigenvalue weighted by atomic mass is 31.2. The minimum atomic E-state index is -5.15. The molecule has 13 nitrogen and oxygen atoms in total. The fraction of sp³-hybridized carbons (Fsp3) is 0.511. The first-order chi connectivity index (χ1) is 28.4. The molecule has 330 valence electrons. The van der Waals surface area contributed by atoms with E-state index in [9.17, 15) is 44.6 Å². The molecule has 0 saturated heterocycles. The highest BCUT2D eigenvalue weighted by Gasteiger charge is 2.51. The average Bonchev–Trinajstić information content (AvgIpc) is 3.21. The van der Waals surface area contributed by atoms with E-state index in [1.165, 1.54) is 0 Å². The number of phosphoric acid groups is 1. The highest BCUT2D eigenvalue weighted by Crippen LogP contribution is 2.47. The number of carbonyl (C=O) groups is 2. The fourth-order valence-electron chi connectivity index (χ4n) is 5.27. The van der Waals surface area contributed by atoms with Gasteiger partial charge in [0.2, 0.25) is 0 Å². The molecule has 0 aromatic rings. The molecule has 1 saturated carbocycles. The summed E-state index contributed by atoms with van der Waals surface area (Å²) in [7, 11) is -5.15. The van der Waals surface area contributed by atoms with Crippen molar-refractivity contribution in [3.63, 3.8) is 0 Å². The summed E-state index contributed by atoms with van der Waals surface area (Å²) in [5.41, 5.74) is 0. The van der Waals surface area contributed by atoms with Crippen LogP contribution in [0.2, 0.25) is 0 Å². The van der Waals surface area contributed by atoms with E-state index in [4.69, 9.17) is 18.5 Å². The van der Waals surface area contributed by atoms with Crippen LogP contribution in [0.25, 0.3) is 0 Å². The molecule has 0 aliphatic heterocycles. The SMILES string of the molecule is CC/C=C/C=C/C=C/C=C/C=C/C=C/CCCCCC(=O)OCC(COP(=O)(O)OC1C(O)C(O)C(O)[C@H](O)C1O)OC(=O)CCCCC/C=C/C=C/C=C/C=C/CC. The second-order valence-corrected chi connectivity index (χ2v) is 15.0. The number of ether oxygens (including phenoxy) is 2. The third kappa shape index (κ3) is 26.9. The molecule has 0 amide bonds. The Morgan fingerprint density at radius 2 is 0.915 bits per heavy atom. The number of esters is 2. The Hall–Kier alpha value is -3.75. The van der Waals surface area contributed by atoms with Crippen molar-refractivity contribution in [2.24, 2.45) is 0 Å². The zero-order valence-corrected chi connectivity index (χ0v) is 35.4. The van der Waals surface area contributed by atoms with Crippen molar-refractivity contribution < 1.29 is 63.1 Å². The smallest absolute Gasteiger partial charge is 0.462 e. The Morgan fingerprint density at radius 1 is 0.525 bits per heavy atom. The van der Waals surface area contributed by atoms with E-state index in [0.29, 0.717) is 12.8 Å². The molecule has 0 aromatic heterocycles. The number of rotatable bonds is 30. The first kappa shape index (κ1) is 53.3. The van der Waals surface area contributed by atoms with E-state index in [2.05, 4.69) is 26.0 Å². The number of hydrogen-bond acceptors (Lipinski definition) is 12. The lowest BCUT2D eigenvalue weighted by Gasteiger charge is -2.41. The third-order valence-electron chi connectivity index (χ3n) is 8.55. The van der Waals surface area contributed by atoms with Gasteiger partial charge in [0.1, 0.15) is 43.2 Å². The Morgan fingerprint density at radius 3 is 1.36 bits per heavy atom. The molecule has 59 heavy (non-hydrogen) atoms. The van der Waals surface area contributed by atoms with E-state index >= 15 is 0 Å². The number of unbranched alkanes of at least 4 members (excludes halogenated alkanes) is 6. The van der Waals surface area contributed by atoms with Crippen molar-refractivity contribution in [3.05, 3.63) is 122 Å². The molecule has 1 rings (SSSR count). The highest BCUT2D eigenvalue weighted by molar-refractivity contribution is 7.47. The van der Waals surface area contributed by atoms with Gasteiger partial charge in [-0.25, -0.2) is 4.57 Å². The van der Waals surface area contributed by atoms with Crippen LogP contribution in [0.15, 0.2) is 122 Å². The summed E-state index contributed by atoms with van der Waals surface area (Å²) >= 11 is 0. The topological polar surface area (TPSA) is 210 Å². The van der Waals surface area contributed by atoms with Crippen molar-refractivity contribution in [1.29, 1.82) is 0 Å². The monoisotopic (exact) mass is 846 g/mol. The van der Waals surface area contributed by atoms with Crippen LogP contribution in [0.3, 0.4) is 0 Å². The van der Waals surface area contributed by atoms with Gasteiger partial charge in [-0.15, -0.1) is 0 Å². The molecule has 1 aliphatic carbocycles. The molecule has 0 aromatic carbocycles. The van der Waals surface area contributed by atoms with Gasteiger partial charge in [0.15, 0.2) is 6.10 Å². The van der Waals surface area contributed by atoms with Gasteiger partial charge in [0.25, 0.3) is 0 Å². The summed E-state index contributed by atoms with van der Waals surface area (Å²) in [5.74, 6) is -1.22. The Labute approximate surface area is 350 Å². The fourth-order valence-corrected chi connectivity index (χ4v) is 6.24. The molecule has 8 atom stereocenters. The van der Waals surface area contributed by atoms with Crippen LogP contribution in [0.5, 0.6) is 0 Å². The molecule has 7 unspecified atom stereocenters. The second-order valence-electron chi connectivity index (χ2n) is 13.6. The van der Waals surface area contributed by atoms with E-state index in [1.54, 1.807) is 0 Å². The number of hydrogen-bond donors (Lipinski definition) is 6. The first-order valence-electron chi connectivity index (χ1n) is 20.5. The van der Waals surface area contributed by atoms with Crippen molar-refractivity contribution in [3.8, 4) is 0 Å². The molecule has 1 fully saturated rings. The summed E-state index contributed by atoms with van der Waals surface area (Å²) in [5, 5.41) is 50.0. The Bertz CT molecular complexity index is 1490. The van der Waals surface area contributed by atoms with Crippen LogP contribution in [-0.4, -0.2) is 98.3 Å². The van der Waals surface area contributed by atoms with Crippen LogP contribution >= 0.6 is 7.82 Å². The Balaban J connectivity index is 2.59. The largest absolute Gasteiger partial charge is 0.472 e. The van der Waals surface area contributed by atoms with Crippen LogP contribution in [-0.2, 0) is 32.7 Å². The zero-order chi connectivity index (χ0) is 43.6. The van der Waals surface area contributed by atoms with E-state index in [0.717, 1.165) is 51.4 Å². The summed E-state index contributed by atoms with van der Waals surface area (Å²) in [6, 6.07) is 0. The predicted octanol–water partition coefficient (Wildman–Crippen LogP) is 7.04. The zero-order valence-electron chi connectivity index (χ0n) is 34.5. The van der Waals surface area contributed by atoms with E-state index < -0.39 is 75.7 Å². The van der Waals surface area contributed by atoms with Crippen molar-refractivity contribution in [1.82, 2.24) is 0 Å². The summed E-state index contributed by atoms with van der Waals surface area (Å²) < 4.78 is 33.3. The molecule has 0 bridgehead atoms. The molecule has 1 aliphatic rings. The van der Waals surface area contributed by atoms with Gasteiger partial charge in [0.05, 0.1) is 6.61 Å². The Kier molecular flexibility index (Phi) is 30.7. The van der Waals surface area contributed by atoms with E-state index in [1.807, 2.05) is 109 Å². The van der Waals surface area contributed by atoms with Crippen molar-refractivity contribution in [2.75, 3.05) is 13.2 Å². The summed E-state index contributed by atoms with van der Waals surface area (Å²) in [6.07, 6.45) is 34.1. The normalized spacial score (nSPS) is 23.6. The predicted molar refractivity (Wildman–Crippen MR) is 230 cm³/mol. The summed E-state index contributed by atoms with van der Waals surface area (Å²) in [6.45, 7) is 2.89. The van der Waals surface area contributed by atoms with Crippen LogP contribution in [0, 0.1) is 0 Å². The van der Waals surface area contributed by atoms with Crippen LogP contribution in [0.4, 0.5) is 0 Å². The maximum Gasteiger partial charge on any atom is 0.472 e. The quantitative estimate of drug-likeness (QED) is 0.0186. The van der Waals surface area contributed by atoms with Gasteiger partial charge in [-0.2, -0.15) is 0 Å². The van der Waals surface area contributed by atoms with Crippen LogP contribution in [0.1, 0.15) is 90.9 Å². The van der Waals surface area contributed by atoms with Crippen molar-refractivity contribution in [2.45, 2.75) is 134 Å². The number of allylic oxidation sites excluding steroid dienone is 20. The van der Waals surface area contributed by atoms with Gasteiger partial charge in [-0.05, 0) is 51.4 Å². The number of aliphatic hydroxyl groups is 5. The average molecular weight is 847 g/mol. The molecular formula is C45H67O13P. The summed E-state index contributed by atoms with van der Waals surface area (Å²) in [4.78, 5) is 35.5. The standard InChI is InChI=1S/C45H67O13P/c1-3-5-7-9-11-13-15-17-18-19-20-22-23-25-27-29-31-33-38(46)55-35-37(36-56-59(53,54)58-45-43(51)41(49)40(48)42(50)44(45)52)57-39(47)34-32-30-28-26-24-21-16-14-12-10-8-6-4-2/h5-24,37,40-45,48-52H,3-4,25-36H2,1-2H3,(H,53,54)/b7-5+,8-6+,11-9+,12-10+,15-13+,16-14+,18-17+,20-19+,23-22+,24-21+/t37?,40?,41-,42?,43?,44?,45?/m0/s1. The number of carbonyl (C=O) groups excluding carboxylic acids is 2. The maximum absolute atomic E-state index is 12.8.